The zero-order valence-electron chi connectivity index (χ0n) is 12.9. The van der Waals surface area contributed by atoms with Gasteiger partial charge in [-0.2, -0.15) is 0 Å². The summed E-state index contributed by atoms with van der Waals surface area (Å²) in [5, 5.41) is 13.9. The van der Waals surface area contributed by atoms with Crippen molar-refractivity contribution >= 4 is 16.9 Å². The van der Waals surface area contributed by atoms with Gasteiger partial charge in [-0.3, -0.25) is 4.79 Å². The van der Waals surface area contributed by atoms with Crippen molar-refractivity contribution < 1.29 is 14.3 Å². The van der Waals surface area contributed by atoms with Crippen molar-refractivity contribution in [3.63, 3.8) is 0 Å². The second-order valence-corrected chi connectivity index (χ2v) is 5.68. The smallest absolute Gasteiger partial charge is 0.255 e. The van der Waals surface area contributed by atoms with Crippen LogP contribution in [0.1, 0.15) is 35.4 Å². The maximum atomic E-state index is 12.4. The van der Waals surface area contributed by atoms with Gasteiger partial charge in [0.2, 0.25) is 0 Å². The maximum absolute atomic E-state index is 12.4. The Balaban J connectivity index is 1.65. The average Bonchev–Trinajstić information content (AvgIpc) is 2.99. The van der Waals surface area contributed by atoms with Gasteiger partial charge in [0.1, 0.15) is 11.8 Å². The van der Waals surface area contributed by atoms with Gasteiger partial charge in [-0.25, -0.2) is 0 Å². The fraction of sp³-hybridized carbons (Fsp3) is 0.211. The van der Waals surface area contributed by atoms with Crippen molar-refractivity contribution in [3.05, 3.63) is 72.0 Å². The molecule has 118 valence electrons. The molecule has 4 heteroatoms. The predicted octanol–water partition coefficient (Wildman–Crippen LogP) is 3.67. The number of nitrogens with one attached hydrogen (secondary N) is 1. The molecule has 0 aliphatic carbocycles. The number of hydrogen-bond donors (Lipinski definition) is 2. The Kier molecular flexibility index (Phi) is 4.44. The molecule has 0 saturated heterocycles. The van der Waals surface area contributed by atoms with Gasteiger partial charge in [0.15, 0.2) is 0 Å². The molecular formula is C19H19NO3. The molecule has 0 bridgehead atoms. The number of amides is 1. The Morgan fingerprint density at radius 3 is 2.61 bits per heavy atom. The number of furan rings is 1. The molecule has 0 aliphatic rings. The Hall–Kier alpha value is -2.59. The standard InChI is InChI=1S/C19H19NO3/c1-13(11-17(21)14-7-3-2-4-8-14)20-19(22)16-12-23-18-10-6-5-9-15(16)18/h2-10,12-13,17,21H,11H2,1H3,(H,20,22). The fourth-order valence-electron chi connectivity index (χ4n) is 2.66. The monoisotopic (exact) mass is 309 g/mol. The number of benzene rings is 2. The van der Waals surface area contributed by atoms with Crippen LogP contribution >= 0.6 is 0 Å². The number of aliphatic hydroxyl groups excluding tert-OH is 1. The molecule has 2 aromatic carbocycles. The van der Waals surface area contributed by atoms with Crippen LogP contribution in [-0.4, -0.2) is 17.1 Å². The minimum Gasteiger partial charge on any atom is -0.463 e. The van der Waals surface area contributed by atoms with Crippen LogP contribution in [0.3, 0.4) is 0 Å². The largest absolute Gasteiger partial charge is 0.463 e. The summed E-state index contributed by atoms with van der Waals surface area (Å²) in [6.07, 6.45) is 1.32. The van der Waals surface area contributed by atoms with Crippen LogP contribution in [0.4, 0.5) is 0 Å². The molecule has 1 amide bonds. The van der Waals surface area contributed by atoms with Crippen LogP contribution in [0.5, 0.6) is 0 Å². The molecule has 0 radical (unpaired) electrons. The lowest BCUT2D eigenvalue weighted by Gasteiger charge is -2.18. The van der Waals surface area contributed by atoms with Crippen LogP contribution in [0.2, 0.25) is 0 Å². The highest BCUT2D eigenvalue weighted by atomic mass is 16.3. The third-order valence-corrected chi connectivity index (χ3v) is 3.86. The first-order valence-electron chi connectivity index (χ1n) is 7.65. The summed E-state index contributed by atoms with van der Waals surface area (Å²) in [4.78, 5) is 12.4. The maximum Gasteiger partial charge on any atom is 0.255 e. The van der Waals surface area contributed by atoms with Gasteiger partial charge >= 0.3 is 0 Å². The molecule has 3 rings (SSSR count). The second-order valence-electron chi connectivity index (χ2n) is 5.68. The van der Waals surface area contributed by atoms with Crippen LogP contribution in [-0.2, 0) is 0 Å². The minimum atomic E-state index is -0.604. The third kappa shape index (κ3) is 3.43. The van der Waals surface area contributed by atoms with E-state index in [9.17, 15) is 9.90 Å². The SMILES string of the molecule is CC(CC(O)c1ccccc1)NC(=O)c1coc2ccccc12. The van der Waals surface area contributed by atoms with Gasteiger partial charge in [0.05, 0.1) is 11.7 Å². The summed E-state index contributed by atoms with van der Waals surface area (Å²) in [5.41, 5.74) is 2.05. The molecule has 0 aliphatic heterocycles. The molecule has 2 unspecified atom stereocenters. The average molecular weight is 309 g/mol. The van der Waals surface area contributed by atoms with Crippen molar-refractivity contribution in [3.8, 4) is 0 Å². The lowest BCUT2D eigenvalue weighted by atomic mass is 10.0. The molecule has 0 saturated carbocycles. The number of rotatable bonds is 5. The van der Waals surface area contributed by atoms with Gasteiger partial charge in [0, 0.05) is 11.4 Å². The zero-order valence-corrected chi connectivity index (χ0v) is 12.9. The molecule has 4 nitrogen and oxygen atoms in total. The third-order valence-electron chi connectivity index (χ3n) is 3.86. The Bertz CT molecular complexity index is 794. The van der Waals surface area contributed by atoms with Gasteiger partial charge < -0.3 is 14.8 Å². The normalized spacial score (nSPS) is 13.7. The fourth-order valence-corrected chi connectivity index (χ4v) is 2.66. The van der Waals surface area contributed by atoms with Crippen molar-refractivity contribution in [2.75, 3.05) is 0 Å². The van der Waals surface area contributed by atoms with Crippen molar-refractivity contribution in [2.24, 2.45) is 0 Å². The van der Waals surface area contributed by atoms with E-state index >= 15 is 0 Å². The number of aliphatic hydroxyl groups is 1. The first-order chi connectivity index (χ1) is 11.1. The highest BCUT2D eigenvalue weighted by molar-refractivity contribution is 6.05. The molecule has 1 aromatic heterocycles. The quantitative estimate of drug-likeness (QED) is 0.756. The Labute approximate surface area is 134 Å². The highest BCUT2D eigenvalue weighted by Crippen LogP contribution is 2.22. The van der Waals surface area contributed by atoms with E-state index in [1.165, 1.54) is 6.26 Å². The number of hydrogen-bond acceptors (Lipinski definition) is 3. The van der Waals surface area contributed by atoms with E-state index in [4.69, 9.17) is 4.42 Å². The summed E-state index contributed by atoms with van der Waals surface area (Å²) >= 11 is 0. The first kappa shape index (κ1) is 15.3. The molecule has 23 heavy (non-hydrogen) atoms. The first-order valence-corrected chi connectivity index (χ1v) is 7.65. The summed E-state index contributed by atoms with van der Waals surface area (Å²) in [7, 11) is 0. The lowest BCUT2D eigenvalue weighted by Crippen LogP contribution is -2.33. The second kappa shape index (κ2) is 6.67. The van der Waals surface area contributed by atoms with Crippen molar-refractivity contribution in [1.82, 2.24) is 5.32 Å². The van der Waals surface area contributed by atoms with Gasteiger partial charge in [-0.1, -0.05) is 48.5 Å². The van der Waals surface area contributed by atoms with Crippen molar-refractivity contribution in [1.29, 1.82) is 0 Å². The van der Waals surface area contributed by atoms with E-state index in [0.717, 1.165) is 10.9 Å². The van der Waals surface area contributed by atoms with Crippen LogP contribution in [0, 0.1) is 0 Å². The van der Waals surface area contributed by atoms with Gasteiger partial charge in [0.25, 0.3) is 5.91 Å². The zero-order chi connectivity index (χ0) is 16.2. The molecular weight excluding hydrogens is 290 g/mol. The van der Waals surface area contributed by atoms with E-state index in [1.807, 2.05) is 61.5 Å². The number of para-hydroxylation sites is 1. The summed E-state index contributed by atoms with van der Waals surface area (Å²) in [6.45, 7) is 1.88. The van der Waals surface area contributed by atoms with E-state index in [-0.39, 0.29) is 11.9 Å². The predicted molar refractivity (Wildman–Crippen MR) is 89.2 cm³/mol. The molecule has 1 heterocycles. The molecule has 0 fully saturated rings. The van der Waals surface area contributed by atoms with Gasteiger partial charge in [-0.05, 0) is 25.0 Å². The molecule has 3 aromatic rings. The molecule has 2 N–H and O–H groups in total. The highest BCUT2D eigenvalue weighted by Gasteiger charge is 2.18. The summed E-state index contributed by atoms with van der Waals surface area (Å²) in [6, 6.07) is 16.7. The number of carbonyl (C=O) groups is 1. The minimum absolute atomic E-state index is 0.161. The van der Waals surface area contributed by atoms with Crippen LogP contribution < -0.4 is 5.32 Å². The number of fused-ring (bicyclic) bond motifs is 1. The topological polar surface area (TPSA) is 62.5 Å². The van der Waals surface area contributed by atoms with Gasteiger partial charge in [-0.15, -0.1) is 0 Å². The molecule has 2 atom stereocenters. The summed E-state index contributed by atoms with van der Waals surface area (Å²) in [5.74, 6) is -0.192. The molecule has 0 spiro atoms. The van der Waals surface area contributed by atoms with E-state index < -0.39 is 6.10 Å². The Morgan fingerprint density at radius 2 is 1.83 bits per heavy atom. The lowest BCUT2D eigenvalue weighted by molar-refractivity contribution is 0.0918. The van der Waals surface area contributed by atoms with E-state index in [2.05, 4.69) is 5.32 Å². The van der Waals surface area contributed by atoms with E-state index in [1.54, 1.807) is 0 Å². The van der Waals surface area contributed by atoms with Crippen LogP contribution in [0.15, 0.2) is 65.3 Å². The Morgan fingerprint density at radius 1 is 1.13 bits per heavy atom. The van der Waals surface area contributed by atoms with Crippen LogP contribution in [0.25, 0.3) is 11.0 Å². The number of carbonyl (C=O) groups excluding carboxylic acids is 1. The summed E-state index contributed by atoms with van der Waals surface area (Å²) < 4.78 is 5.39. The van der Waals surface area contributed by atoms with Crippen molar-refractivity contribution in [2.45, 2.75) is 25.5 Å². The van der Waals surface area contributed by atoms with E-state index in [0.29, 0.717) is 17.6 Å².